The third-order valence-electron chi connectivity index (χ3n) is 4.70. The molecule has 2 aliphatic heterocycles. The Morgan fingerprint density at radius 1 is 1.45 bits per heavy atom. The van der Waals surface area contributed by atoms with Crippen LogP contribution in [0.5, 0.6) is 0 Å². The van der Waals surface area contributed by atoms with Gasteiger partial charge in [-0.3, -0.25) is 9.69 Å². The molecule has 0 bridgehead atoms. The van der Waals surface area contributed by atoms with E-state index in [-0.39, 0.29) is 5.91 Å². The number of nitrogens with two attached hydrogens (primary N) is 1. The van der Waals surface area contributed by atoms with E-state index in [4.69, 9.17) is 5.73 Å². The summed E-state index contributed by atoms with van der Waals surface area (Å²) < 4.78 is 0. The number of fused-ring (bicyclic) bond motifs is 1. The van der Waals surface area contributed by atoms with Gasteiger partial charge in [-0.2, -0.15) is 0 Å². The summed E-state index contributed by atoms with van der Waals surface area (Å²) >= 11 is 0. The van der Waals surface area contributed by atoms with Crippen LogP contribution < -0.4 is 11.1 Å². The van der Waals surface area contributed by atoms with Gasteiger partial charge in [-0.05, 0) is 55.5 Å². The van der Waals surface area contributed by atoms with E-state index in [0.717, 1.165) is 24.6 Å². The largest absolute Gasteiger partial charge is 0.366 e. The number of primary amides is 1. The third kappa shape index (κ3) is 2.72. The first-order chi connectivity index (χ1) is 9.63. The van der Waals surface area contributed by atoms with E-state index in [1.807, 2.05) is 18.2 Å². The van der Waals surface area contributed by atoms with Gasteiger partial charge in [0.25, 0.3) is 0 Å². The molecular formula is C16H23N3O. The van der Waals surface area contributed by atoms with Gasteiger partial charge >= 0.3 is 0 Å². The van der Waals surface area contributed by atoms with Gasteiger partial charge in [0.2, 0.25) is 5.91 Å². The van der Waals surface area contributed by atoms with Gasteiger partial charge in [0.15, 0.2) is 0 Å². The second-order valence-corrected chi connectivity index (χ2v) is 6.16. The molecule has 4 nitrogen and oxygen atoms in total. The Morgan fingerprint density at radius 2 is 2.30 bits per heavy atom. The molecule has 2 aliphatic rings. The van der Waals surface area contributed by atoms with Crippen molar-refractivity contribution in [3.05, 3.63) is 34.9 Å². The molecule has 2 saturated heterocycles. The van der Waals surface area contributed by atoms with Crippen LogP contribution in [-0.2, 0) is 6.54 Å². The second kappa shape index (κ2) is 5.54. The molecule has 1 amide bonds. The standard InChI is InChI=1S/C16H23N3O/c1-11-7-12(16(17)20)4-5-13(11)8-19-9-14-3-2-6-18-15(14)10-19/h4-5,7,14-15,18H,2-3,6,8-10H2,1H3,(H2,17,20)/t14-,15+/m0/s1. The second-order valence-electron chi connectivity index (χ2n) is 6.16. The fourth-order valence-electron chi connectivity index (χ4n) is 3.53. The van der Waals surface area contributed by atoms with E-state index >= 15 is 0 Å². The number of nitrogens with one attached hydrogen (secondary N) is 1. The zero-order chi connectivity index (χ0) is 14.1. The number of hydrogen-bond donors (Lipinski definition) is 2. The van der Waals surface area contributed by atoms with Gasteiger partial charge in [0.1, 0.15) is 0 Å². The van der Waals surface area contributed by atoms with Gasteiger partial charge in [0, 0.05) is 31.2 Å². The lowest BCUT2D eigenvalue weighted by atomic mass is 9.94. The number of carbonyl (C=O) groups excluding carboxylic acids is 1. The highest BCUT2D eigenvalue weighted by Gasteiger charge is 2.33. The molecule has 2 fully saturated rings. The summed E-state index contributed by atoms with van der Waals surface area (Å²) in [5.41, 5.74) is 8.37. The fourth-order valence-corrected chi connectivity index (χ4v) is 3.53. The maximum absolute atomic E-state index is 11.2. The van der Waals surface area contributed by atoms with Crippen molar-refractivity contribution in [1.29, 1.82) is 0 Å². The van der Waals surface area contributed by atoms with E-state index in [1.165, 1.54) is 31.5 Å². The van der Waals surface area contributed by atoms with Crippen LogP contribution in [-0.4, -0.2) is 36.5 Å². The smallest absolute Gasteiger partial charge is 0.248 e. The van der Waals surface area contributed by atoms with Crippen LogP contribution in [0.2, 0.25) is 0 Å². The van der Waals surface area contributed by atoms with Crippen molar-refractivity contribution < 1.29 is 4.79 Å². The Bertz CT molecular complexity index is 500. The molecule has 108 valence electrons. The normalized spacial score (nSPS) is 26.4. The Balaban J connectivity index is 1.68. The number of hydrogen-bond acceptors (Lipinski definition) is 3. The van der Waals surface area contributed by atoms with Crippen molar-refractivity contribution >= 4 is 5.91 Å². The zero-order valence-electron chi connectivity index (χ0n) is 12.1. The molecule has 1 aromatic carbocycles. The molecule has 4 heteroatoms. The SMILES string of the molecule is Cc1cc(C(N)=O)ccc1CN1C[C@@H]2CCCN[C@@H]2C1. The summed E-state index contributed by atoms with van der Waals surface area (Å²) in [6, 6.07) is 6.46. The average Bonchev–Trinajstić information content (AvgIpc) is 2.83. The summed E-state index contributed by atoms with van der Waals surface area (Å²) in [4.78, 5) is 13.7. The molecule has 1 aromatic rings. The average molecular weight is 273 g/mol. The van der Waals surface area contributed by atoms with Gasteiger partial charge in [-0.15, -0.1) is 0 Å². The highest BCUT2D eigenvalue weighted by molar-refractivity contribution is 5.93. The Morgan fingerprint density at radius 3 is 3.00 bits per heavy atom. The third-order valence-corrected chi connectivity index (χ3v) is 4.70. The molecule has 0 unspecified atom stereocenters. The highest BCUT2D eigenvalue weighted by Crippen LogP contribution is 2.26. The number of rotatable bonds is 3. The van der Waals surface area contributed by atoms with Crippen molar-refractivity contribution in [2.75, 3.05) is 19.6 Å². The maximum Gasteiger partial charge on any atom is 0.248 e. The molecule has 0 saturated carbocycles. The molecule has 2 heterocycles. The van der Waals surface area contributed by atoms with E-state index in [9.17, 15) is 4.79 Å². The Hall–Kier alpha value is -1.39. The summed E-state index contributed by atoms with van der Waals surface area (Å²) in [6.07, 6.45) is 2.66. The molecule has 0 radical (unpaired) electrons. The number of piperidine rings is 1. The topological polar surface area (TPSA) is 58.4 Å². The minimum atomic E-state index is -0.351. The Kier molecular flexibility index (Phi) is 3.76. The molecular weight excluding hydrogens is 250 g/mol. The minimum absolute atomic E-state index is 0.351. The van der Waals surface area contributed by atoms with E-state index < -0.39 is 0 Å². The van der Waals surface area contributed by atoms with Gasteiger partial charge in [-0.1, -0.05) is 6.07 Å². The van der Waals surface area contributed by atoms with Gasteiger partial charge in [-0.25, -0.2) is 0 Å². The Labute approximate surface area is 120 Å². The summed E-state index contributed by atoms with van der Waals surface area (Å²) in [6.45, 7) is 6.53. The monoisotopic (exact) mass is 273 g/mol. The summed E-state index contributed by atoms with van der Waals surface area (Å²) in [7, 11) is 0. The van der Waals surface area contributed by atoms with Crippen molar-refractivity contribution in [2.24, 2.45) is 11.7 Å². The number of carbonyl (C=O) groups is 1. The van der Waals surface area contributed by atoms with Crippen LogP contribution in [0.25, 0.3) is 0 Å². The minimum Gasteiger partial charge on any atom is -0.366 e. The number of amides is 1. The molecule has 0 spiro atoms. The molecule has 0 aliphatic carbocycles. The van der Waals surface area contributed by atoms with Crippen molar-refractivity contribution in [2.45, 2.75) is 32.4 Å². The quantitative estimate of drug-likeness (QED) is 0.872. The van der Waals surface area contributed by atoms with Crippen molar-refractivity contribution in [1.82, 2.24) is 10.2 Å². The van der Waals surface area contributed by atoms with E-state index in [2.05, 4.69) is 17.1 Å². The van der Waals surface area contributed by atoms with Crippen LogP contribution in [0.3, 0.4) is 0 Å². The molecule has 3 rings (SSSR count). The van der Waals surface area contributed by atoms with Crippen LogP contribution >= 0.6 is 0 Å². The first-order valence-corrected chi connectivity index (χ1v) is 7.48. The lowest BCUT2D eigenvalue weighted by Gasteiger charge is -2.24. The summed E-state index contributed by atoms with van der Waals surface area (Å²) in [5.74, 6) is 0.463. The van der Waals surface area contributed by atoms with Gasteiger partial charge in [0.05, 0.1) is 0 Å². The number of likely N-dealkylation sites (tertiary alicyclic amines) is 1. The number of benzene rings is 1. The van der Waals surface area contributed by atoms with Crippen molar-refractivity contribution in [3.63, 3.8) is 0 Å². The van der Waals surface area contributed by atoms with Crippen LogP contribution in [0.1, 0.15) is 34.3 Å². The number of aryl methyl sites for hydroxylation is 1. The lowest BCUT2D eigenvalue weighted by molar-refractivity contribution is 0.1000. The molecule has 20 heavy (non-hydrogen) atoms. The highest BCUT2D eigenvalue weighted by atomic mass is 16.1. The maximum atomic E-state index is 11.2. The fraction of sp³-hybridized carbons (Fsp3) is 0.562. The molecule has 2 atom stereocenters. The number of nitrogens with zero attached hydrogens (tertiary/aromatic N) is 1. The predicted octanol–water partition coefficient (Wildman–Crippen LogP) is 1.28. The van der Waals surface area contributed by atoms with E-state index in [0.29, 0.717) is 11.6 Å². The predicted molar refractivity (Wildman–Crippen MR) is 79.5 cm³/mol. The van der Waals surface area contributed by atoms with Crippen LogP contribution in [0, 0.1) is 12.8 Å². The zero-order valence-corrected chi connectivity index (χ0v) is 12.1. The van der Waals surface area contributed by atoms with Crippen LogP contribution in [0.15, 0.2) is 18.2 Å². The first-order valence-electron chi connectivity index (χ1n) is 7.48. The first kappa shape index (κ1) is 13.6. The molecule has 3 N–H and O–H groups in total. The molecule has 0 aromatic heterocycles. The lowest BCUT2D eigenvalue weighted by Crippen LogP contribution is -2.40. The summed E-state index contributed by atoms with van der Waals surface area (Å²) in [5, 5.41) is 3.63. The van der Waals surface area contributed by atoms with Crippen LogP contribution in [0.4, 0.5) is 0 Å². The van der Waals surface area contributed by atoms with E-state index in [1.54, 1.807) is 0 Å². The van der Waals surface area contributed by atoms with Gasteiger partial charge < -0.3 is 11.1 Å². The van der Waals surface area contributed by atoms with Crippen molar-refractivity contribution in [3.8, 4) is 0 Å².